The average Bonchev–Trinajstić information content (AvgIpc) is 4.21. The standard InChI is InChI=1S/C72H66N2/c1-41-5-13-53(14-6-41)73(54-15-7-42(2)8-16-54)57-21-23-59-60-24-22-58(74(55-17-9-43(3)10-18-55)56-19-11-44(4)12-20-56)34-68(60)72(67(59)33-57)69-37-63-48-28-45-25-46(29-48)27-47(26-45)61(63)35-65(69)66-36-62-49-30-51-32-52-31-50(40-71(51,52)39-49)64(62)38-70(66)72/h5-24,33-38,45-52H,25-32,39-40H2,1-4H3. The largest absolute Gasteiger partial charge is 0.310 e. The highest BCUT2D eigenvalue weighted by atomic mass is 15.1. The van der Waals surface area contributed by atoms with Gasteiger partial charge in [0.05, 0.1) is 5.41 Å². The van der Waals surface area contributed by atoms with Gasteiger partial charge in [0.2, 0.25) is 0 Å². The fourth-order valence-electron chi connectivity index (χ4n) is 18.7. The lowest BCUT2D eigenvalue weighted by Crippen LogP contribution is -2.41. The first kappa shape index (κ1) is 42.7. The highest BCUT2D eigenvalue weighted by Crippen LogP contribution is 2.77. The lowest BCUT2D eigenvalue weighted by atomic mass is 9.56. The third-order valence-corrected chi connectivity index (χ3v) is 21.8. The molecule has 8 aromatic rings. The van der Waals surface area contributed by atoms with Crippen LogP contribution in [-0.2, 0) is 5.41 Å². The minimum absolute atomic E-state index is 0.517. The molecule has 18 rings (SSSR count). The fourth-order valence-corrected chi connectivity index (χ4v) is 18.7. The van der Waals surface area contributed by atoms with E-state index in [0.717, 1.165) is 23.7 Å². The van der Waals surface area contributed by atoms with E-state index in [4.69, 9.17) is 0 Å². The van der Waals surface area contributed by atoms with Crippen molar-refractivity contribution in [2.24, 2.45) is 29.1 Å². The maximum absolute atomic E-state index is 2.89. The second-order valence-electron chi connectivity index (χ2n) is 25.7. The van der Waals surface area contributed by atoms with Crippen LogP contribution >= 0.6 is 0 Å². The molecular weight excluding hydrogens is 893 g/mol. The Labute approximate surface area is 438 Å². The van der Waals surface area contributed by atoms with Crippen molar-refractivity contribution in [2.45, 2.75) is 121 Å². The zero-order valence-electron chi connectivity index (χ0n) is 43.6. The van der Waals surface area contributed by atoms with Crippen molar-refractivity contribution in [3.8, 4) is 22.3 Å². The maximum atomic E-state index is 2.89. The molecule has 2 spiro atoms. The Balaban J connectivity index is 0.972. The quantitative estimate of drug-likeness (QED) is 0.164. The van der Waals surface area contributed by atoms with Crippen LogP contribution in [0, 0.1) is 56.8 Å². The summed E-state index contributed by atoms with van der Waals surface area (Å²) in [5, 5.41) is 0. The third-order valence-electron chi connectivity index (χ3n) is 21.8. The molecule has 0 amide bonds. The van der Waals surface area contributed by atoms with Crippen LogP contribution in [0.25, 0.3) is 22.3 Å². The van der Waals surface area contributed by atoms with Crippen LogP contribution in [0.1, 0.15) is 155 Å². The summed E-state index contributed by atoms with van der Waals surface area (Å²) in [6, 6.07) is 63.5. The van der Waals surface area contributed by atoms with Gasteiger partial charge in [0.15, 0.2) is 0 Å². The van der Waals surface area contributed by atoms with Gasteiger partial charge in [0.25, 0.3) is 0 Å². The van der Waals surface area contributed by atoms with Crippen LogP contribution in [0.3, 0.4) is 0 Å². The van der Waals surface area contributed by atoms with Gasteiger partial charge in [-0.05, 0) is 284 Å². The average molecular weight is 959 g/mol. The summed E-state index contributed by atoms with van der Waals surface area (Å²) in [6.45, 7) is 8.82. The highest BCUT2D eigenvalue weighted by Gasteiger charge is 2.66. The van der Waals surface area contributed by atoms with E-state index in [-0.39, 0.29) is 0 Å². The first-order valence-corrected chi connectivity index (χ1v) is 28.7. The van der Waals surface area contributed by atoms with E-state index in [1.54, 1.807) is 33.4 Å². The maximum Gasteiger partial charge on any atom is 0.0727 e. The molecule has 7 bridgehead atoms. The molecule has 2 nitrogen and oxygen atoms in total. The summed E-state index contributed by atoms with van der Waals surface area (Å²) in [5.41, 5.74) is 31.1. The molecule has 364 valence electrons. The number of benzene rings is 8. The predicted octanol–water partition coefficient (Wildman–Crippen LogP) is 19.0. The van der Waals surface area contributed by atoms with Gasteiger partial charge in [0.1, 0.15) is 0 Å². The van der Waals surface area contributed by atoms with Gasteiger partial charge >= 0.3 is 0 Å². The summed E-state index contributed by atoms with van der Waals surface area (Å²) in [7, 11) is 0. The highest BCUT2D eigenvalue weighted by molar-refractivity contribution is 5.98. The van der Waals surface area contributed by atoms with Crippen molar-refractivity contribution in [3.63, 3.8) is 0 Å². The van der Waals surface area contributed by atoms with E-state index in [1.807, 2.05) is 0 Å². The topological polar surface area (TPSA) is 6.48 Å². The van der Waals surface area contributed by atoms with Gasteiger partial charge in [-0.25, -0.2) is 0 Å². The van der Waals surface area contributed by atoms with Crippen LogP contribution < -0.4 is 9.80 Å². The van der Waals surface area contributed by atoms with Gasteiger partial charge < -0.3 is 9.80 Å². The molecule has 0 N–H and O–H groups in total. The molecule has 8 aromatic carbocycles. The summed E-state index contributed by atoms with van der Waals surface area (Å²) < 4.78 is 0. The minimum atomic E-state index is -0.517. The zero-order valence-corrected chi connectivity index (χ0v) is 43.6. The second-order valence-corrected chi connectivity index (χ2v) is 25.7. The number of rotatable bonds is 6. The van der Waals surface area contributed by atoms with Gasteiger partial charge in [0, 0.05) is 34.1 Å². The van der Waals surface area contributed by atoms with Gasteiger partial charge in [-0.3, -0.25) is 0 Å². The van der Waals surface area contributed by atoms with Crippen molar-refractivity contribution in [1.29, 1.82) is 0 Å². The number of fused-ring (bicyclic) bond motifs is 15. The molecule has 10 aliphatic rings. The summed E-state index contributed by atoms with van der Waals surface area (Å²) in [4.78, 5) is 5.05. The normalized spacial score (nSPS) is 27.6. The smallest absolute Gasteiger partial charge is 0.0727 e. The first-order valence-electron chi connectivity index (χ1n) is 28.7. The lowest BCUT2D eigenvalue weighted by Gasteiger charge is -2.48. The Morgan fingerprint density at radius 1 is 0.311 bits per heavy atom. The van der Waals surface area contributed by atoms with Crippen LogP contribution in [0.5, 0.6) is 0 Å². The predicted molar refractivity (Wildman–Crippen MR) is 305 cm³/mol. The monoisotopic (exact) mass is 959 g/mol. The Morgan fingerprint density at radius 3 is 1.05 bits per heavy atom. The summed E-state index contributed by atoms with van der Waals surface area (Å²) >= 11 is 0. The zero-order chi connectivity index (χ0) is 48.9. The summed E-state index contributed by atoms with van der Waals surface area (Å²) in [5.74, 6) is 6.30. The Hall–Kier alpha value is -6.64. The third kappa shape index (κ3) is 5.73. The summed E-state index contributed by atoms with van der Waals surface area (Å²) in [6.07, 6.45) is 14.1. The van der Waals surface area contributed by atoms with Crippen molar-refractivity contribution in [3.05, 3.63) is 224 Å². The van der Waals surface area contributed by atoms with E-state index in [0.29, 0.717) is 29.1 Å². The molecule has 74 heavy (non-hydrogen) atoms. The molecule has 5 fully saturated rings. The van der Waals surface area contributed by atoms with Crippen molar-refractivity contribution >= 4 is 34.1 Å². The molecule has 0 aromatic heterocycles. The second kappa shape index (κ2) is 15.0. The molecule has 0 saturated heterocycles. The van der Waals surface area contributed by atoms with Crippen molar-refractivity contribution in [1.82, 2.24) is 0 Å². The molecule has 0 radical (unpaired) electrons. The van der Waals surface area contributed by atoms with E-state index >= 15 is 0 Å². The number of nitrogens with zero attached hydrogens (tertiary/aromatic N) is 2. The molecule has 2 heteroatoms. The SMILES string of the molecule is Cc1ccc(N(c2ccc(C)cc2)c2ccc3c(c2)C2(c4cc(N(c5ccc(C)cc5)c5ccc(C)cc5)ccc4-3)c3cc4c(cc3-c3cc5c(cc32)C2CC3CC6CC5CC63C2)C2CC3CC(C2)CC4C3)cc1. The Morgan fingerprint density at radius 2 is 0.649 bits per heavy atom. The molecule has 7 atom stereocenters. The number of anilines is 6. The minimum Gasteiger partial charge on any atom is -0.310 e. The number of hydrogen-bond acceptors (Lipinski definition) is 2. The van der Waals surface area contributed by atoms with E-state index in [2.05, 4.69) is 195 Å². The molecule has 7 unspecified atom stereocenters. The van der Waals surface area contributed by atoms with Gasteiger partial charge in [-0.1, -0.05) is 107 Å². The lowest BCUT2D eigenvalue weighted by molar-refractivity contribution is 0.00322. The molecule has 5 saturated carbocycles. The molecule has 0 heterocycles. The first-order chi connectivity index (χ1) is 36.2. The van der Waals surface area contributed by atoms with Crippen LogP contribution in [0.15, 0.2) is 158 Å². The molecular formula is C72H66N2. The molecule has 10 aliphatic carbocycles. The number of hydrogen-bond donors (Lipinski definition) is 0. The van der Waals surface area contributed by atoms with Crippen LogP contribution in [-0.4, -0.2) is 0 Å². The van der Waals surface area contributed by atoms with E-state index in [9.17, 15) is 0 Å². The van der Waals surface area contributed by atoms with E-state index < -0.39 is 5.41 Å². The molecule has 0 aliphatic heterocycles. The Bertz CT molecular complexity index is 3420. The number of aryl methyl sites for hydroxylation is 4. The van der Waals surface area contributed by atoms with Gasteiger partial charge in [-0.15, -0.1) is 0 Å². The van der Waals surface area contributed by atoms with Crippen LogP contribution in [0.2, 0.25) is 0 Å². The van der Waals surface area contributed by atoms with E-state index in [1.165, 1.54) is 154 Å². The Kier molecular flexibility index (Phi) is 8.67. The van der Waals surface area contributed by atoms with Crippen molar-refractivity contribution in [2.75, 3.05) is 9.80 Å². The van der Waals surface area contributed by atoms with Crippen LogP contribution in [0.4, 0.5) is 34.1 Å². The van der Waals surface area contributed by atoms with Crippen molar-refractivity contribution < 1.29 is 0 Å². The fraction of sp³-hybridized carbons (Fsp3) is 0.333. The van der Waals surface area contributed by atoms with Gasteiger partial charge in [-0.2, -0.15) is 0 Å².